The summed E-state index contributed by atoms with van der Waals surface area (Å²) in [5.74, 6) is -0.583. The minimum absolute atomic E-state index is 0.252. The lowest BCUT2D eigenvalue weighted by molar-refractivity contribution is 0.0939. The maximum atomic E-state index is 14.3. The van der Waals surface area contributed by atoms with Crippen molar-refractivity contribution in [2.24, 2.45) is 5.73 Å². The summed E-state index contributed by atoms with van der Waals surface area (Å²) in [4.78, 5) is 12.5. The van der Waals surface area contributed by atoms with Gasteiger partial charge in [-0.25, -0.2) is 9.07 Å². The lowest BCUT2D eigenvalue weighted by atomic mass is 10.1. The molecule has 0 spiro atoms. The summed E-state index contributed by atoms with van der Waals surface area (Å²) >= 11 is 0. The van der Waals surface area contributed by atoms with Crippen LogP contribution < -0.4 is 11.1 Å². The first-order valence-corrected chi connectivity index (χ1v) is 8.20. The van der Waals surface area contributed by atoms with Crippen LogP contribution >= 0.6 is 0 Å². The van der Waals surface area contributed by atoms with Crippen LogP contribution in [0.2, 0.25) is 0 Å². The van der Waals surface area contributed by atoms with Gasteiger partial charge in [0.25, 0.3) is 5.91 Å². The Morgan fingerprint density at radius 3 is 2.83 bits per heavy atom. The Bertz CT molecular complexity index is 789. The minimum Gasteiger partial charge on any atom is -0.349 e. The summed E-state index contributed by atoms with van der Waals surface area (Å²) in [5.41, 5.74) is 8.88. The van der Waals surface area contributed by atoms with Crippen LogP contribution in [0.5, 0.6) is 0 Å². The van der Waals surface area contributed by atoms with Crippen molar-refractivity contribution in [1.29, 1.82) is 0 Å². The van der Waals surface area contributed by atoms with Crippen molar-refractivity contribution in [3.63, 3.8) is 0 Å². The van der Waals surface area contributed by atoms with Gasteiger partial charge >= 0.3 is 0 Å². The van der Waals surface area contributed by atoms with Crippen LogP contribution in [0.25, 0.3) is 5.69 Å². The third-order valence-electron chi connectivity index (χ3n) is 4.18. The zero-order chi connectivity index (χ0) is 17.5. The second-order valence-corrected chi connectivity index (χ2v) is 7.17. The van der Waals surface area contributed by atoms with Crippen molar-refractivity contribution in [2.45, 2.75) is 45.6 Å². The summed E-state index contributed by atoms with van der Waals surface area (Å²) in [6.07, 6.45) is 2.53. The van der Waals surface area contributed by atoms with E-state index < -0.39 is 5.54 Å². The average molecular weight is 330 g/mol. The van der Waals surface area contributed by atoms with Crippen molar-refractivity contribution in [3.8, 4) is 5.69 Å². The molecule has 1 aliphatic rings. The van der Waals surface area contributed by atoms with E-state index in [-0.39, 0.29) is 11.7 Å². The Hall–Kier alpha value is -2.21. The normalized spacial score (nSPS) is 13.9. The molecule has 128 valence electrons. The van der Waals surface area contributed by atoms with Gasteiger partial charge in [0, 0.05) is 23.3 Å². The molecule has 0 saturated carbocycles. The quantitative estimate of drug-likeness (QED) is 0.903. The van der Waals surface area contributed by atoms with Crippen LogP contribution in [0.15, 0.2) is 18.2 Å². The van der Waals surface area contributed by atoms with E-state index in [9.17, 15) is 9.18 Å². The maximum Gasteiger partial charge on any atom is 0.272 e. The third kappa shape index (κ3) is 3.19. The van der Waals surface area contributed by atoms with Gasteiger partial charge in [0.05, 0.1) is 0 Å². The van der Waals surface area contributed by atoms with Crippen LogP contribution in [-0.4, -0.2) is 27.8 Å². The number of amides is 1. The van der Waals surface area contributed by atoms with Gasteiger partial charge in [-0.15, -0.1) is 0 Å². The number of halogens is 1. The fraction of sp³-hybridized carbons (Fsp3) is 0.444. The molecular formula is C18H23FN4O. The molecular weight excluding hydrogens is 307 g/mol. The van der Waals surface area contributed by atoms with Crippen LogP contribution in [-0.2, 0) is 12.8 Å². The molecule has 0 unspecified atom stereocenters. The molecule has 0 aliphatic heterocycles. The van der Waals surface area contributed by atoms with Crippen LogP contribution in [0.3, 0.4) is 0 Å². The Labute approximate surface area is 141 Å². The minimum atomic E-state index is -0.496. The molecule has 0 atom stereocenters. The number of aromatic nitrogens is 2. The van der Waals surface area contributed by atoms with Crippen molar-refractivity contribution >= 4 is 5.91 Å². The van der Waals surface area contributed by atoms with E-state index in [1.807, 2.05) is 26.8 Å². The molecule has 0 bridgehead atoms. The van der Waals surface area contributed by atoms with E-state index in [1.165, 1.54) is 6.07 Å². The van der Waals surface area contributed by atoms with Crippen molar-refractivity contribution < 1.29 is 9.18 Å². The smallest absolute Gasteiger partial charge is 0.272 e. The largest absolute Gasteiger partial charge is 0.349 e. The molecule has 0 fully saturated rings. The second kappa shape index (κ2) is 6.02. The predicted molar refractivity (Wildman–Crippen MR) is 90.9 cm³/mol. The molecule has 1 aromatic heterocycles. The topological polar surface area (TPSA) is 72.9 Å². The lowest BCUT2D eigenvalue weighted by Crippen LogP contribution is -2.45. The number of nitrogens with two attached hydrogens (primary N) is 1. The van der Waals surface area contributed by atoms with Crippen molar-refractivity contribution in [3.05, 3.63) is 46.5 Å². The van der Waals surface area contributed by atoms with Crippen molar-refractivity contribution in [2.75, 3.05) is 6.54 Å². The molecule has 5 nitrogen and oxygen atoms in total. The highest BCUT2D eigenvalue weighted by molar-refractivity contribution is 5.94. The Kier molecular flexibility index (Phi) is 4.17. The standard InChI is InChI=1S/C18H23FN4O/c1-11-7-8-15(13(19)9-11)23-14-6-4-5-12(14)16(22-23)17(24)21-10-18(2,3)20/h7-9H,4-6,10,20H2,1-3H3,(H,21,24). The lowest BCUT2D eigenvalue weighted by Gasteiger charge is -2.18. The maximum absolute atomic E-state index is 14.3. The van der Waals surface area contributed by atoms with E-state index in [0.717, 1.165) is 36.1 Å². The van der Waals surface area contributed by atoms with Gasteiger partial charge in [0.2, 0.25) is 0 Å². The number of rotatable bonds is 4. The second-order valence-electron chi connectivity index (χ2n) is 7.17. The van der Waals surface area contributed by atoms with E-state index in [2.05, 4.69) is 10.4 Å². The Balaban J connectivity index is 1.97. The molecule has 6 heteroatoms. The predicted octanol–water partition coefficient (Wildman–Crippen LogP) is 2.28. The van der Waals surface area contributed by atoms with Gasteiger partial charge in [0.1, 0.15) is 11.5 Å². The zero-order valence-corrected chi connectivity index (χ0v) is 14.3. The molecule has 1 aliphatic carbocycles. The highest BCUT2D eigenvalue weighted by atomic mass is 19.1. The number of benzene rings is 1. The third-order valence-corrected chi connectivity index (χ3v) is 4.18. The van der Waals surface area contributed by atoms with Crippen LogP contribution in [0.1, 0.15) is 47.6 Å². The van der Waals surface area contributed by atoms with E-state index in [4.69, 9.17) is 5.73 Å². The molecule has 24 heavy (non-hydrogen) atoms. The number of nitrogens with one attached hydrogen (secondary N) is 1. The number of nitrogens with zero attached hydrogens (tertiary/aromatic N) is 2. The van der Waals surface area contributed by atoms with Gasteiger partial charge in [-0.1, -0.05) is 6.07 Å². The summed E-state index contributed by atoms with van der Waals surface area (Å²) in [7, 11) is 0. The number of fused-ring (bicyclic) bond motifs is 1. The number of hydrogen-bond donors (Lipinski definition) is 2. The first kappa shape index (κ1) is 16.6. The Morgan fingerprint density at radius 1 is 1.42 bits per heavy atom. The number of carbonyl (C=O) groups excluding carboxylic acids is 1. The van der Waals surface area contributed by atoms with E-state index in [0.29, 0.717) is 17.9 Å². The molecule has 1 aromatic carbocycles. The molecule has 0 saturated heterocycles. The highest BCUT2D eigenvalue weighted by Gasteiger charge is 2.28. The fourth-order valence-corrected chi connectivity index (χ4v) is 2.99. The summed E-state index contributed by atoms with van der Waals surface area (Å²) in [6, 6.07) is 5.04. The van der Waals surface area contributed by atoms with Crippen LogP contribution in [0, 0.1) is 12.7 Å². The monoisotopic (exact) mass is 330 g/mol. The first-order valence-electron chi connectivity index (χ1n) is 8.20. The molecule has 3 N–H and O–H groups in total. The molecule has 2 aromatic rings. The first-order chi connectivity index (χ1) is 11.3. The van der Waals surface area contributed by atoms with Gasteiger partial charge in [0.15, 0.2) is 5.69 Å². The molecule has 1 amide bonds. The molecule has 0 radical (unpaired) electrons. The van der Waals surface area contributed by atoms with Gasteiger partial charge in [-0.05, 0) is 57.7 Å². The zero-order valence-electron chi connectivity index (χ0n) is 14.3. The average Bonchev–Trinajstić information content (AvgIpc) is 3.06. The number of aryl methyl sites for hydroxylation is 1. The SMILES string of the molecule is Cc1ccc(-n2nc(C(=O)NCC(C)(C)N)c3c2CCC3)c(F)c1. The number of carbonyl (C=O) groups is 1. The summed E-state index contributed by atoms with van der Waals surface area (Å²) in [6.45, 7) is 5.89. The summed E-state index contributed by atoms with van der Waals surface area (Å²) < 4.78 is 15.9. The van der Waals surface area contributed by atoms with E-state index >= 15 is 0 Å². The van der Waals surface area contributed by atoms with E-state index in [1.54, 1.807) is 10.7 Å². The number of hydrogen-bond acceptors (Lipinski definition) is 3. The van der Waals surface area contributed by atoms with Crippen molar-refractivity contribution in [1.82, 2.24) is 15.1 Å². The van der Waals surface area contributed by atoms with Gasteiger partial charge in [-0.2, -0.15) is 5.10 Å². The molecule has 3 rings (SSSR count). The molecule has 1 heterocycles. The van der Waals surface area contributed by atoms with Gasteiger partial charge in [-0.3, -0.25) is 4.79 Å². The van der Waals surface area contributed by atoms with Gasteiger partial charge < -0.3 is 11.1 Å². The van der Waals surface area contributed by atoms with Crippen LogP contribution in [0.4, 0.5) is 4.39 Å². The summed E-state index contributed by atoms with van der Waals surface area (Å²) in [5, 5.41) is 7.24. The fourth-order valence-electron chi connectivity index (χ4n) is 2.99. The Morgan fingerprint density at radius 2 is 2.17 bits per heavy atom. The highest BCUT2D eigenvalue weighted by Crippen LogP contribution is 2.29.